The summed E-state index contributed by atoms with van der Waals surface area (Å²) in [4.78, 5) is 34.6. The zero-order chi connectivity index (χ0) is 19.8. The van der Waals surface area contributed by atoms with Crippen LogP contribution in [0.3, 0.4) is 0 Å². The van der Waals surface area contributed by atoms with E-state index in [1.54, 1.807) is 54.5 Å². The lowest BCUT2D eigenvalue weighted by Gasteiger charge is -2.21. The minimum atomic E-state index is -1.04. The van der Waals surface area contributed by atoms with Gasteiger partial charge in [0.1, 0.15) is 11.2 Å². The van der Waals surface area contributed by atoms with Crippen molar-refractivity contribution in [2.75, 3.05) is 0 Å². The molecule has 7 heteroatoms. The Labute approximate surface area is 149 Å². The van der Waals surface area contributed by atoms with E-state index < -0.39 is 41.2 Å². The molecule has 0 fully saturated rings. The Morgan fingerprint density at radius 3 is 1.96 bits per heavy atom. The molecular formula is C18H31NO6. The van der Waals surface area contributed by atoms with E-state index in [-0.39, 0.29) is 12.8 Å². The molecular weight excluding hydrogens is 326 g/mol. The van der Waals surface area contributed by atoms with Crippen molar-refractivity contribution >= 4 is 18.0 Å². The topological polar surface area (TPSA) is 102 Å². The van der Waals surface area contributed by atoms with Crippen LogP contribution in [-0.2, 0) is 19.1 Å². The van der Waals surface area contributed by atoms with Gasteiger partial charge >= 0.3 is 18.0 Å². The number of alkyl carbamates (subject to hydrolysis) is 1. The Morgan fingerprint density at radius 2 is 1.52 bits per heavy atom. The molecule has 0 aliphatic carbocycles. The van der Waals surface area contributed by atoms with E-state index in [9.17, 15) is 19.5 Å². The van der Waals surface area contributed by atoms with Crippen molar-refractivity contribution in [1.29, 1.82) is 0 Å². The molecule has 7 nitrogen and oxygen atoms in total. The van der Waals surface area contributed by atoms with Gasteiger partial charge in [0, 0.05) is 12.5 Å². The molecule has 0 aromatic heterocycles. The van der Waals surface area contributed by atoms with Gasteiger partial charge in [0.15, 0.2) is 0 Å². The summed E-state index contributed by atoms with van der Waals surface area (Å²) in [5.74, 6) is -2.31. The van der Waals surface area contributed by atoms with Gasteiger partial charge in [-0.1, -0.05) is 12.2 Å². The maximum Gasteiger partial charge on any atom is 0.408 e. The van der Waals surface area contributed by atoms with Gasteiger partial charge in [-0.15, -0.1) is 0 Å². The molecule has 0 heterocycles. The summed E-state index contributed by atoms with van der Waals surface area (Å²) in [5.41, 5.74) is -1.21. The number of hydrogen-bond acceptors (Lipinski definition) is 5. The van der Waals surface area contributed by atoms with Crippen molar-refractivity contribution < 1.29 is 29.0 Å². The number of carbonyl (C=O) groups excluding carboxylic acids is 2. The summed E-state index contributed by atoms with van der Waals surface area (Å²) in [6.07, 6.45) is 2.59. The molecule has 0 radical (unpaired) electrons. The van der Waals surface area contributed by atoms with Gasteiger partial charge in [0.2, 0.25) is 0 Å². The normalized spacial score (nSPS) is 14.7. The third-order valence-corrected chi connectivity index (χ3v) is 2.77. The number of amides is 1. The molecule has 0 saturated heterocycles. The monoisotopic (exact) mass is 357 g/mol. The minimum absolute atomic E-state index is 0.00640. The highest BCUT2D eigenvalue weighted by molar-refractivity contribution is 5.74. The van der Waals surface area contributed by atoms with Crippen molar-refractivity contribution in [1.82, 2.24) is 5.32 Å². The highest BCUT2D eigenvalue weighted by Crippen LogP contribution is 2.14. The maximum atomic E-state index is 11.7. The lowest BCUT2D eigenvalue weighted by Crippen LogP contribution is -2.36. The standard InChI is InChI=1S/C18H31NO6/c1-12(19-16(23)25-18(5,6)7)8-9-13(15(21)22)10-11-14(20)24-17(2,3)4/h8-9,12-13H,10-11H2,1-7H3,(H,19,23)(H,21,22)/b9-8+/t12?,13-/m1/s1. The Hall–Kier alpha value is -2.05. The third kappa shape index (κ3) is 13.0. The van der Waals surface area contributed by atoms with Crippen LogP contribution in [0.4, 0.5) is 4.79 Å². The molecule has 2 N–H and O–H groups in total. The summed E-state index contributed by atoms with van der Waals surface area (Å²) in [5, 5.41) is 11.8. The van der Waals surface area contributed by atoms with Gasteiger partial charge in [0.05, 0.1) is 5.92 Å². The highest BCUT2D eigenvalue weighted by atomic mass is 16.6. The Morgan fingerprint density at radius 1 is 1.00 bits per heavy atom. The van der Waals surface area contributed by atoms with Gasteiger partial charge in [0.25, 0.3) is 0 Å². The number of nitrogens with one attached hydrogen (secondary N) is 1. The molecule has 0 saturated carbocycles. The fourth-order valence-corrected chi connectivity index (χ4v) is 1.81. The van der Waals surface area contributed by atoms with Crippen LogP contribution in [0.2, 0.25) is 0 Å². The fraction of sp³-hybridized carbons (Fsp3) is 0.722. The molecule has 1 unspecified atom stereocenters. The first-order valence-electron chi connectivity index (χ1n) is 8.32. The van der Waals surface area contributed by atoms with Gasteiger partial charge in [-0.25, -0.2) is 4.79 Å². The van der Waals surface area contributed by atoms with Crippen LogP contribution in [0.25, 0.3) is 0 Å². The lowest BCUT2D eigenvalue weighted by atomic mass is 10.0. The fourth-order valence-electron chi connectivity index (χ4n) is 1.81. The van der Waals surface area contributed by atoms with Gasteiger partial charge in [-0.05, 0) is 54.9 Å². The van der Waals surface area contributed by atoms with Crippen molar-refractivity contribution in [3.05, 3.63) is 12.2 Å². The van der Waals surface area contributed by atoms with Crippen LogP contribution in [0.5, 0.6) is 0 Å². The third-order valence-electron chi connectivity index (χ3n) is 2.77. The number of hydrogen-bond donors (Lipinski definition) is 2. The summed E-state index contributed by atoms with van der Waals surface area (Å²) in [6, 6.07) is -0.404. The number of carbonyl (C=O) groups is 3. The largest absolute Gasteiger partial charge is 0.481 e. The van der Waals surface area contributed by atoms with E-state index in [1.165, 1.54) is 6.08 Å². The quantitative estimate of drug-likeness (QED) is 0.535. The van der Waals surface area contributed by atoms with E-state index >= 15 is 0 Å². The van der Waals surface area contributed by atoms with Crippen LogP contribution in [0.1, 0.15) is 61.3 Å². The van der Waals surface area contributed by atoms with E-state index in [1.807, 2.05) is 0 Å². The minimum Gasteiger partial charge on any atom is -0.481 e. The summed E-state index contributed by atoms with van der Waals surface area (Å²) in [7, 11) is 0. The second-order valence-corrected chi connectivity index (χ2v) is 7.89. The van der Waals surface area contributed by atoms with Crippen LogP contribution >= 0.6 is 0 Å². The van der Waals surface area contributed by atoms with E-state index in [0.717, 1.165) is 0 Å². The second-order valence-electron chi connectivity index (χ2n) is 7.89. The summed E-state index contributed by atoms with van der Waals surface area (Å²) < 4.78 is 10.3. The number of carboxylic acid groups (broad SMARTS) is 1. The number of esters is 1. The Balaban J connectivity index is 4.55. The van der Waals surface area contributed by atoms with Crippen molar-refractivity contribution in [3.63, 3.8) is 0 Å². The first-order chi connectivity index (χ1) is 11.2. The molecule has 1 amide bonds. The predicted molar refractivity (Wildman–Crippen MR) is 94.2 cm³/mol. The van der Waals surface area contributed by atoms with Gasteiger partial charge < -0.3 is 19.9 Å². The Bertz CT molecular complexity index is 499. The van der Waals surface area contributed by atoms with Gasteiger partial charge in [-0.2, -0.15) is 0 Å². The molecule has 2 atom stereocenters. The highest BCUT2D eigenvalue weighted by Gasteiger charge is 2.21. The predicted octanol–water partition coefficient (Wildman–Crippen LogP) is 3.28. The Kier molecular flexibility index (Phi) is 8.66. The van der Waals surface area contributed by atoms with E-state index in [4.69, 9.17) is 9.47 Å². The average molecular weight is 357 g/mol. The van der Waals surface area contributed by atoms with Crippen LogP contribution < -0.4 is 5.32 Å². The molecule has 0 aromatic rings. The first-order valence-corrected chi connectivity index (χ1v) is 8.32. The number of ether oxygens (including phenoxy) is 2. The molecule has 25 heavy (non-hydrogen) atoms. The van der Waals surface area contributed by atoms with Crippen LogP contribution in [0.15, 0.2) is 12.2 Å². The summed E-state index contributed by atoms with van der Waals surface area (Å²) >= 11 is 0. The zero-order valence-electron chi connectivity index (χ0n) is 16.2. The molecule has 0 aromatic carbocycles. The van der Waals surface area contributed by atoms with Crippen LogP contribution in [-0.4, -0.2) is 40.4 Å². The van der Waals surface area contributed by atoms with E-state index in [0.29, 0.717) is 0 Å². The maximum absolute atomic E-state index is 11.7. The number of carboxylic acids is 1. The van der Waals surface area contributed by atoms with Crippen molar-refractivity contribution in [2.45, 2.75) is 78.6 Å². The molecule has 0 aliphatic rings. The molecule has 0 aliphatic heterocycles. The van der Waals surface area contributed by atoms with Crippen LogP contribution in [0, 0.1) is 5.92 Å². The van der Waals surface area contributed by atoms with Crippen molar-refractivity contribution in [2.24, 2.45) is 5.92 Å². The van der Waals surface area contributed by atoms with Gasteiger partial charge in [-0.3, -0.25) is 9.59 Å². The second kappa shape index (κ2) is 9.44. The molecule has 0 rings (SSSR count). The molecule has 144 valence electrons. The average Bonchev–Trinajstić information content (AvgIpc) is 2.33. The smallest absolute Gasteiger partial charge is 0.408 e. The SMILES string of the molecule is CC(/C=C/[C@H](CCC(=O)OC(C)(C)C)C(=O)O)NC(=O)OC(C)(C)C. The first kappa shape index (κ1) is 22.9. The van der Waals surface area contributed by atoms with E-state index in [2.05, 4.69) is 5.32 Å². The molecule has 0 spiro atoms. The number of rotatable bonds is 7. The number of aliphatic carboxylic acids is 1. The van der Waals surface area contributed by atoms with Crippen molar-refractivity contribution in [3.8, 4) is 0 Å². The zero-order valence-corrected chi connectivity index (χ0v) is 16.2. The lowest BCUT2D eigenvalue weighted by molar-refractivity contribution is -0.155. The molecule has 0 bridgehead atoms. The summed E-state index contributed by atoms with van der Waals surface area (Å²) in [6.45, 7) is 12.2.